The zero-order valence-corrected chi connectivity index (χ0v) is 11.5. The van der Waals surface area contributed by atoms with Crippen LogP contribution in [0.1, 0.15) is 19.3 Å². The minimum Gasteiger partial charge on any atom is -0.481 e. The maximum Gasteiger partial charge on any atom is 0.305 e. The van der Waals surface area contributed by atoms with E-state index in [1.54, 1.807) is 21.6 Å². The molecule has 2 saturated heterocycles. The number of carbonyl (C=O) groups excluding carboxylic acids is 2. The normalized spacial score (nSPS) is 23.8. The van der Waals surface area contributed by atoms with Crippen LogP contribution in [0.4, 0.5) is 0 Å². The van der Waals surface area contributed by atoms with Gasteiger partial charge in [0.1, 0.15) is 0 Å². The van der Waals surface area contributed by atoms with Gasteiger partial charge in [0.2, 0.25) is 11.8 Å². The van der Waals surface area contributed by atoms with Crippen LogP contribution in [0.5, 0.6) is 0 Å². The fraction of sp³-hybridized carbons (Fsp3) is 0.750. The van der Waals surface area contributed by atoms with E-state index >= 15 is 0 Å². The van der Waals surface area contributed by atoms with E-state index in [2.05, 4.69) is 0 Å². The number of amides is 2. The molecule has 1 atom stereocenters. The number of likely N-dealkylation sites (tertiary alicyclic amines) is 1. The van der Waals surface area contributed by atoms with Crippen LogP contribution < -0.4 is 0 Å². The average Bonchev–Trinajstić information content (AvgIpc) is 2.75. The van der Waals surface area contributed by atoms with Crippen molar-refractivity contribution in [2.45, 2.75) is 25.3 Å². The number of hydrogen-bond donors (Lipinski definition) is 1. The number of rotatable bonds is 4. The second-order valence-corrected chi connectivity index (χ2v) is 5.98. The molecule has 0 aromatic rings. The lowest BCUT2D eigenvalue weighted by Gasteiger charge is -2.35. The monoisotopic (exact) mass is 286 g/mol. The van der Waals surface area contributed by atoms with Gasteiger partial charge in [-0.15, -0.1) is 0 Å². The average molecular weight is 286 g/mol. The Morgan fingerprint density at radius 1 is 1.37 bits per heavy atom. The Morgan fingerprint density at radius 2 is 2.16 bits per heavy atom. The number of nitrogens with zero attached hydrogens (tertiary/aromatic N) is 2. The largest absolute Gasteiger partial charge is 0.481 e. The summed E-state index contributed by atoms with van der Waals surface area (Å²) in [5.74, 6) is 0.501. The first-order chi connectivity index (χ1) is 9.08. The standard InChI is InChI=1S/C12H18N2O4S/c15-10-2-1-3-13(10)7-11(16)14-4-5-19-8-9(14)6-12(17)18/h9H,1-8H2,(H,17,18). The molecule has 106 valence electrons. The van der Waals surface area contributed by atoms with Gasteiger partial charge in [-0.2, -0.15) is 11.8 Å². The summed E-state index contributed by atoms with van der Waals surface area (Å²) in [6.45, 7) is 1.31. The second kappa shape index (κ2) is 6.27. The maximum atomic E-state index is 12.2. The number of thioether (sulfide) groups is 1. The molecule has 0 saturated carbocycles. The summed E-state index contributed by atoms with van der Waals surface area (Å²) in [7, 11) is 0. The molecular formula is C12H18N2O4S. The molecule has 7 heteroatoms. The van der Waals surface area contributed by atoms with Gasteiger partial charge in [0.25, 0.3) is 0 Å². The Labute approximate surface area is 116 Å². The molecule has 2 rings (SSSR count). The quantitative estimate of drug-likeness (QED) is 0.789. The maximum absolute atomic E-state index is 12.2. The van der Waals surface area contributed by atoms with Crippen LogP contribution in [-0.2, 0) is 14.4 Å². The Bertz CT molecular complexity index is 388. The van der Waals surface area contributed by atoms with Crippen molar-refractivity contribution in [3.05, 3.63) is 0 Å². The lowest BCUT2D eigenvalue weighted by molar-refractivity contribution is -0.143. The van der Waals surface area contributed by atoms with E-state index in [4.69, 9.17) is 5.11 Å². The molecule has 2 aliphatic rings. The fourth-order valence-electron chi connectivity index (χ4n) is 2.48. The topological polar surface area (TPSA) is 77.9 Å². The van der Waals surface area contributed by atoms with Gasteiger partial charge in [-0.1, -0.05) is 0 Å². The molecule has 6 nitrogen and oxygen atoms in total. The number of carboxylic acid groups (broad SMARTS) is 1. The molecule has 0 radical (unpaired) electrons. The van der Waals surface area contributed by atoms with E-state index in [-0.39, 0.29) is 30.8 Å². The Balaban J connectivity index is 1.94. The number of aliphatic carboxylic acids is 1. The smallest absolute Gasteiger partial charge is 0.305 e. The zero-order chi connectivity index (χ0) is 13.8. The molecule has 0 spiro atoms. The van der Waals surface area contributed by atoms with E-state index < -0.39 is 5.97 Å². The molecule has 2 heterocycles. The van der Waals surface area contributed by atoms with Crippen molar-refractivity contribution in [3.8, 4) is 0 Å². The van der Waals surface area contributed by atoms with Crippen LogP contribution >= 0.6 is 11.8 Å². The van der Waals surface area contributed by atoms with Gasteiger partial charge in [0.15, 0.2) is 0 Å². The van der Waals surface area contributed by atoms with Crippen LogP contribution in [-0.4, -0.2) is 69.9 Å². The first-order valence-corrected chi connectivity index (χ1v) is 7.60. The molecule has 1 N–H and O–H groups in total. The molecule has 0 aromatic carbocycles. The van der Waals surface area contributed by atoms with Gasteiger partial charge in [-0.3, -0.25) is 14.4 Å². The second-order valence-electron chi connectivity index (χ2n) is 4.83. The highest BCUT2D eigenvalue weighted by atomic mass is 32.2. The van der Waals surface area contributed by atoms with Gasteiger partial charge in [-0.05, 0) is 6.42 Å². The highest BCUT2D eigenvalue weighted by Gasteiger charge is 2.31. The first-order valence-electron chi connectivity index (χ1n) is 6.44. The van der Waals surface area contributed by atoms with Crippen LogP contribution in [0, 0.1) is 0 Å². The summed E-state index contributed by atoms with van der Waals surface area (Å²) in [5.41, 5.74) is 0. The zero-order valence-electron chi connectivity index (χ0n) is 10.7. The summed E-state index contributed by atoms with van der Waals surface area (Å²) in [4.78, 5) is 37.8. The summed E-state index contributed by atoms with van der Waals surface area (Å²) in [6.07, 6.45) is 1.30. The minimum absolute atomic E-state index is 0.0211. The fourth-order valence-corrected chi connectivity index (χ4v) is 3.54. The van der Waals surface area contributed by atoms with Crippen molar-refractivity contribution in [3.63, 3.8) is 0 Å². The number of carboxylic acids is 1. The van der Waals surface area contributed by atoms with Gasteiger partial charge >= 0.3 is 5.97 Å². The minimum atomic E-state index is -0.887. The van der Waals surface area contributed by atoms with Crippen LogP contribution in [0.15, 0.2) is 0 Å². The van der Waals surface area contributed by atoms with E-state index in [1.165, 1.54) is 0 Å². The third-order valence-electron chi connectivity index (χ3n) is 3.46. The van der Waals surface area contributed by atoms with Gasteiger partial charge in [0, 0.05) is 31.0 Å². The summed E-state index contributed by atoms with van der Waals surface area (Å²) in [5, 5.41) is 8.88. The van der Waals surface area contributed by atoms with Crippen molar-refractivity contribution < 1.29 is 19.5 Å². The Kier molecular flexibility index (Phi) is 4.68. The van der Waals surface area contributed by atoms with E-state index in [0.29, 0.717) is 25.3 Å². The van der Waals surface area contributed by atoms with Crippen molar-refractivity contribution in [2.24, 2.45) is 0 Å². The lowest BCUT2D eigenvalue weighted by atomic mass is 10.2. The highest BCUT2D eigenvalue weighted by Crippen LogP contribution is 2.20. The summed E-state index contributed by atoms with van der Waals surface area (Å²) < 4.78 is 0. The Morgan fingerprint density at radius 3 is 2.79 bits per heavy atom. The molecular weight excluding hydrogens is 268 g/mol. The summed E-state index contributed by atoms with van der Waals surface area (Å²) >= 11 is 1.67. The Hall–Kier alpha value is -1.24. The molecule has 2 amide bonds. The van der Waals surface area contributed by atoms with Gasteiger partial charge < -0.3 is 14.9 Å². The number of hydrogen-bond acceptors (Lipinski definition) is 4. The predicted octanol–water partition coefficient (Wildman–Crippen LogP) is 0.0275. The van der Waals surface area contributed by atoms with E-state index in [9.17, 15) is 14.4 Å². The van der Waals surface area contributed by atoms with E-state index in [1.807, 2.05) is 0 Å². The third-order valence-corrected chi connectivity index (χ3v) is 4.55. The first kappa shape index (κ1) is 14.2. The lowest BCUT2D eigenvalue weighted by Crippen LogP contribution is -2.50. The molecule has 2 aliphatic heterocycles. The van der Waals surface area contributed by atoms with Crippen LogP contribution in [0.3, 0.4) is 0 Å². The van der Waals surface area contributed by atoms with Crippen molar-refractivity contribution in [2.75, 3.05) is 31.1 Å². The van der Waals surface area contributed by atoms with Gasteiger partial charge in [-0.25, -0.2) is 0 Å². The highest BCUT2D eigenvalue weighted by molar-refractivity contribution is 7.99. The number of carbonyl (C=O) groups is 3. The van der Waals surface area contributed by atoms with Crippen LogP contribution in [0.2, 0.25) is 0 Å². The third kappa shape index (κ3) is 3.62. The molecule has 2 fully saturated rings. The van der Waals surface area contributed by atoms with Crippen LogP contribution in [0.25, 0.3) is 0 Å². The SMILES string of the molecule is O=C(O)CC1CSCCN1C(=O)CN1CCCC1=O. The molecule has 1 unspecified atom stereocenters. The molecule has 0 aromatic heterocycles. The summed E-state index contributed by atoms with van der Waals surface area (Å²) in [6, 6.07) is -0.249. The van der Waals surface area contributed by atoms with Gasteiger partial charge in [0.05, 0.1) is 19.0 Å². The predicted molar refractivity (Wildman–Crippen MR) is 70.9 cm³/mol. The van der Waals surface area contributed by atoms with E-state index in [0.717, 1.165) is 12.2 Å². The van der Waals surface area contributed by atoms with Crippen molar-refractivity contribution in [1.82, 2.24) is 9.80 Å². The molecule has 0 aliphatic carbocycles. The molecule has 19 heavy (non-hydrogen) atoms. The van der Waals surface area contributed by atoms with Crippen molar-refractivity contribution >= 4 is 29.5 Å². The molecule has 0 bridgehead atoms. The van der Waals surface area contributed by atoms with Crippen molar-refractivity contribution in [1.29, 1.82) is 0 Å².